The first-order chi connectivity index (χ1) is 10.6. The van der Waals surface area contributed by atoms with Crippen molar-refractivity contribution in [3.8, 4) is 0 Å². The van der Waals surface area contributed by atoms with Gasteiger partial charge in [-0.25, -0.2) is 0 Å². The van der Waals surface area contributed by atoms with Gasteiger partial charge < -0.3 is 15.5 Å². The Labute approximate surface area is 131 Å². The summed E-state index contributed by atoms with van der Waals surface area (Å²) in [4.78, 5) is 4.74. The Morgan fingerprint density at radius 2 is 1.64 bits per heavy atom. The molecule has 4 heteroatoms. The summed E-state index contributed by atoms with van der Waals surface area (Å²) in [5.41, 5.74) is 10.2. The van der Waals surface area contributed by atoms with E-state index in [0.29, 0.717) is 0 Å². The topological polar surface area (TPSA) is 56.4 Å². The first-order valence-electron chi connectivity index (χ1n) is 7.65. The Balaban J connectivity index is 1.73. The van der Waals surface area contributed by atoms with Crippen molar-refractivity contribution < 1.29 is 0 Å². The molecule has 1 aliphatic rings. The molecule has 1 saturated heterocycles. The van der Waals surface area contributed by atoms with Crippen molar-refractivity contribution in [2.75, 3.05) is 36.0 Å². The smallest absolute Gasteiger partial charge is 0.124 e. The second-order valence-corrected chi connectivity index (χ2v) is 5.74. The third-order valence-corrected chi connectivity index (χ3v) is 4.18. The van der Waals surface area contributed by atoms with Crippen LogP contribution < -0.4 is 15.5 Å². The summed E-state index contributed by atoms with van der Waals surface area (Å²) in [6, 6.07) is 16.6. The van der Waals surface area contributed by atoms with Crippen LogP contribution in [0.1, 0.15) is 11.1 Å². The number of nitrogens with zero attached hydrogens (tertiary/aromatic N) is 2. The van der Waals surface area contributed by atoms with Crippen LogP contribution in [-0.2, 0) is 0 Å². The lowest BCUT2D eigenvalue weighted by molar-refractivity contribution is 0.653. The van der Waals surface area contributed by atoms with Gasteiger partial charge in [-0.2, -0.15) is 0 Å². The van der Waals surface area contributed by atoms with Crippen molar-refractivity contribution in [3.05, 3.63) is 59.7 Å². The quantitative estimate of drug-likeness (QED) is 0.676. The van der Waals surface area contributed by atoms with E-state index in [2.05, 4.69) is 47.1 Å². The van der Waals surface area contributed by atoms with E-state index in [1.54, 1.807) is 0 Å². The van der Waals surface area contributed by atoms with E-state index in [9.17, 15) is 0 Å². The number of para-hydroxylation sites is 1. The van der Waals surface area contributed by atoms with Gasteiger partial charge >= 0.3 is 0 Å². The van der Waals surface area contributed by atoms with E-state index >= 15 is 0 Å². The lowest BCUT2D eigenvalue weighted by Gasteiger charge is -2.38. The number of nitrogen functional groups attached to an aromatic ring is 1. The van der Waals surface area contributed by atoms with Crippen LogP contribution in [0.5, 0.6) is 0 Å². The van der Waals surface area contributed by atoms with Crippen LogP contribution in [0.2, 0.25) is 0 Å². The first kappa shape index (κ1) is 14.4. The number of hydrogen-bond donors (Lipinski definition) is 2. The normalized spacial score (nSPS) is 15.0. The summed E-state index contributed by atoms with van der Waals surface area (Å²) in [6.45, 7) is 5.98. The van der Waals surface area contributed by atoms with Gasteiger partial charge in [0.2, 0.25) is 0 Å². The average Bonchev–Trinajstić information content (AvgIpc) is 2.55. The van der Waals surface area contributed by atoms with Gasteiger partial charge in [-0.1, -0.05) is 24.3 Å². The van der Waals surface area contributed by atoms with Crippen molar-refractivity contribution >= 4 is 17.2 Å². The molecule has 3 N–H and O–H groups in total. The van der Waals surface area contributed by atoms with Gasteiger partial charge in [-0.3, -0.25) is 5.41 Å². The summed E-state index contributed by atoms with van der Waals surface area (Å²) in [7, 11) is 0. The summed E-state index contributed by atoms with van der Waals surface area (Å²) in [5.74, 6) is 0.136. The van der Waals surface area contributed by atoms with Crippen LogP contribution in [0.3, 0.4) is 0 Å². The number of hydrogen-bond acceptors (Lipinski definition) is 3. The monoisotopic (exact) mass is 294 g/mol. The van der Waals surface area contributed by atoms with Crippen molar-refractivity contribution in [1.29, 1.82) is 5.41 Å². The standard InChI is InChI=1S/C18H22N4/c1-14-5-4-6-15(13-14)21-9-11-22(12-10-21)17-8-3-2-7-16(17)18(19)20/h2-8,13H,9-12H2,1H3,(H3,19,20). The maximum Gasteiger partial charge on any atom is 0.124 e. The molecule has 2 aromatic carbocycles. The Kier molecular flexibility index (Phi) is 4.00. The predicted octanol–water partition coefficient (Wildman–Crippen LogP) is 2.61. The zero-order chi connectivity index (χ0) is 15.5. The van der Waals surface area contributed by atoms with Gasteiger partial charge in [0.15, 0.2) is 0 Å². The van der Waals surface area contributed by atoms with Crippen molar-refractivity contribution in [2.24, 2.45) is 5.73 Å². The largest absolute Gasteiger partial charge is 0.384 e. The second-order valence-electron chi connectivity index (χ2n) is 5.74. The fraction of sp³-hybridized carbons (Fsp3) is 0.278. The van der Waals surface area contributed by atoms with E-state index in [-0.39, 0.29) is 5.84 Å². The molecule has 4 nitrogen and oxygen atoms in total. The van der Waals surface area contributed by atoms with Crippen LogP contribution >= 0.6 is 0 Å². The summed E-state index contributed by atoms with van der Waals surface area (Å²) >= 11 is 0. The predicted molar refractivity (Wildman–Crippen MR) is 93.1 cm³/mol. The maximum absolute atomic E-state index is 7.73. The third kappa shape index (κ3) is 2.91. The zero-order valence-electron chi connectivity index (χ0n) is 12.9. The summed E-state index contributed by atoms with van der Waals surface area (Å²) < 4.78 is 0. The minimum absolute atomic E-state index is 0.136. The zero-order valence-corrected chi connectivity index (χ0v) is 12.9. The molecule has 0 atom stereocenters. The molecule has 1 fully saturated rings. The van der Waals surface area contributed by atoms with Crippen LogP contribution in [0.15, 0.2) is 48.5 Å². The molecular weight excluding hydrogens is 272 g/mol. The van der Waals surface area contributed by atoms with E-state index in [1.165, 1.54) is 11.3 Å². The minimum atomic E-state index is 0.136. The number of benzene rings is 2. The van der Waals surface area contributed by atoms with Crippen molar-refractivity contribution in [2.45, 2.75) is 6.92 Å². The summed E-state index contributed by atoms with van der Waals surface area (Å²) in [5, 5.41) is 7.73. The highest BCUT2D eigenvalue weighted by molar-refractivity contribution is 6.00. The Morgan fingerprint density at radius 3 is 2.32 bits per heavy atom. The van der Waals surface area contributed by atoms with Gasteiger partial charge in [0.05, 0.1) is 0 Å². The number of amidine groups is 1. The second kappa shape index (κ2) is 6.10. The highest BCUT2D eigenvalue weighted by Crippen LogP contribution is 2.24. The fourth-order valence-corrected chi connectivity index (χ4v) is 3.01. The molecule has 0 amide bonds. The van der Waals surface area contributed by atoms with Crippen LogP contribution in [0, 0.1) is 12.3 Å². The molecule has 1 heterocycles. The van der Waals surface area contributed by atoms with E-state index < -0.39 is 0 Å². The van der Waals surface area contributed by atoms with E-state index in [0.717, 1.165) is 37.4 Å². The number of aryl methyl sites for hydroxylation is 1. The molecule has 0 aliphatic carbocycles. The Hall–Kier alpha value is -2.49. The van der Waals surface area contributed by atoms with Crippen molar-refractivity contribution in [1.82, 2.24) is 0 Å². The number of piperazine rings is 1. The van der Waals surface area contributed by atoms with Crippen LogP contribution in [0.4, 0.5) is 11.4 Å². The molecule has 22 heavy (non-hydrogen) atoms. The lowest BCUT2D eigenvalue weighted by Crippen LogP contribution is -2.47. The molecule has 1 aliphatic heterocycles. The average molecular weight is 294 g/mol. The van der Waals surface area contributed by atoms with Gasteiger partial charge in [0, 0.05) is 43.1 Å². The molecule has 0 spiro atoms. The number of anilines is 2. The molecule has 3 rings (SSSR count). The molecule has 0 saturated carbocycles. The van der Waals surface area contributed by atoms with Gasteiger partial charge in [-0.05, 0) is 36.8 Å². The molecule has 0 unspecified atom stereocenters. The molecular formula is C18H22N4. The first-order valence-corrected chi connectivity index (χ1v) is 7.65. The SMILES string of the molecule is Cc1cccc(N2CCN(c3ccccc3C(=N)N)CC2)c1. The summed E-state index contributed by atoms with van der Waals surface area (Å²) in [6.07, 6.45) is 0. The Bertz CT molecular complexity index is 672. The molecule has 0 radical (unpaired) electrons. The highest BCUT2D eigenvalue weighted by atomic mass is 15.3. The molecule has 114 valence electrons. The maximum atomic E-state index is 7.73. The van der Waals surface area contributed by atoms with E-state index in [4.69, 9.17) is 11.1 Å². The fourth-order valence-electron chi connectivity index (χ4n) is 3.01. The van der Waals surface area contributed by atoms with Gasteiger partial charge in [-0.15, -0.1) is 0 Å². The van der Waals surface area contributed by atoms with Crippen LogP contribution in [-0.4, -0.2) is 32.0 Å². The highest BCUT2D eigenvalue weighted by Gasteiger charge is 2.19. The van der Waals surface area contributed by atoms with Crippen molar-refractivity contribution in [3.63, 3.8) is 0 Å². The van der Waals surface area contributed by atoms with Crippen LogP contribution in [0.25, 0.3) is 0 Å². The van der Waals surface area contributed by atoms with Gasteiger partial charge in [0.25, 0.3) is 0 Å². The lowest BCUT2D eigenvalue weighted by atomic mass is 10.1. The number of nitrogens with one attached hydrogen (secondary N) is 1. The number of rotatable bonds is 3. The molecule has 2 aromatic rings. The van der Waals surface area contributed by atoms with Gasteiger partial charge in [0.1, 0.15) is 5.84 Å². The number of nitrogens with two attached hydrogens (primary N) is 1. The minimum Gasteiger partial charge on any atom is -0.384 e. The molecule has 0 bridgehead atoms. The Morgan fingerprint density at radius 1 is 0.955 bits per heavy atom. The molecule has 0 aromatic heterocycles. The third-order valence-electron chi connectivity index (χ3n) is 4.18. The van der Waals surface area contributed by atoms with E-state index in [1.807, 2.05) is 18.2 Å².